The maximum atomic E-state index is 10.6. The normalized spacial score (nSPS) is 32.5. The van der Waals surface area contributed by atoms with Gasteiger partial charge in [0.05, 0.1) is 6.04 Å². The van der Waals surface area contributed by atoms with Crippen molar-refractivity contribution in [2.24, 2.45) is 0 Å². The van der Waals surface area contributed by atoms with E-state index in [-0.39, 0.29) is 10.8 Å². The Morgan fingerprint density at radius 2 is 2.30 bits per heavy atom. The van der Waals surface area contributed by atoms with Crippen LogP contribution in [-0.2, 0) is 4.79 Å². The number of hydrogen-bond acceptors (Lipinski definition) is 3. The zero-order valence-corrected chi connectivity index (χ0v) is 7.44. The number of aldehydes is 1. The van der Waals surface area contributed by atoms with E-state index in [0.29, 0.717) is 0 Å². The van der Waals surface area contributed by atoms with Crippen LogP contribution in [0.2, 0.25) is 0 Å². The molecule has 0 aromatic carbocycles. The highest BCUT2D eigenvalue weighted by molar-refractivity contribution is 8.00. The molecule has 3 heteroatoms. The summed E-state index contributed by atoms with van der Waals surface area (Å²) in [5, 5.41) is 0. The lowest BCUT2D eigenvalue weighted by Crippen LogP contribution is -2.38. The molecule has 2 nitrogen and oxygen atoms in total. The molecule has 1 aliphatic heterocycles. The van der Waals surface area contributed by atoms with Crippen molar-refractivity contribution in [1.82, 2.24) is 4.90 Å². The number of hydrogen-bond donors (Lipinski definition) is 0. The minimum atomic E-state index is 0.0949. The van der Waals surface area contributed by atoms with E-state index in [4.69, 9.17) is 0 Å². The van der Waals surface area contributed by atoms with E-state index in [1.165, 1.54) is 0 Å². The molecule has 0 saturated carbocycles. The molecule has 0 aromatic rings. The highest BCUT2D eigenvalue weighted by Crippen LogP contribution is 2.36. The first kappa shape index (κ1) is 8.08. The van der Waals surface area contributed by atoms with Crippen molar-refractivity contribution in [3.63, 3.8) is 0 Å². The Bertz CT molecular complexity index is 147. The van der Waals surface area contributed by atoms with Crippen molar-refractivity contribution in [2.75, 3.05) is 12.9 Å². The van der Waals surface area contributed by atoms with E-state index in [2.05, 4.69) is 18.7 Å². The van der Waals surface area contributed by atoms with Crippen LogP contribution >= 0.6 is 11.8 Å². The molecule has 1 rings (SSSR count). The zero-order chi connectivity index (χ0) is 7.78. The Morgan fingerprint density at radius 3 is 2.50 bits per heavy atom. The van der Waals surface area contributed by atoms with E-state index < -0.39 is 0 Å². The average Bonchev–Trinajstić information content (AvgIpc) is 2.07. The summed E-state index contributed by atoms with van der Waals surface area (Å²) in [6.07, 6.45) is 1.04. The number of rotatable bonds is 1. The summed E-state index contributed by atoms with van der Waals surface area (Å²) in [7, 11) is 1.99. The Hall–Kier alpha value is -0.0200. The van der Waals surface area contributed by atoms with Gasteiger partial charge in [0.2, 0.25) is 0 Å². The third-order valence-electron chi connectivity index (χ3n) is 1.96. The quantitative estimate of drug-likeness (QED) is 0.532. The fourth-order valence-electron chi connectivity index (χ4n) is 1.23. The molecule has 0 N–H and O–H groups in total. The van der Waals surface area contributed by atoms with E-state index in [9.17, 15) is 4.79 Å². The van der Waals surface area contributed by atoms with Gasteiger partial charge in [-0.05, 0) is 20.9 Å². The summed E-state index contributed by atoms with van der Waals surface area (Å²) in [5.74, 6) is 0.969. The SMILES string of the molecule is CN1CSC(C)(C)C1C=O. The maximum absolute atomic E-state index is 10.6. The monoisotopic (exact) mass is 159 g/mol. The molecule has 0 spiro atoms. The highest BCUT2D eigenvalue weighted by atomic mass is 32.2. The number of likely N-dealkylation sites (N-methyl/N-ethyl adjacent to an activating group) is 1. The van der Waals surface area contributed by atoms with Crippen LogP contribution in [0.3, 0.4) is 0 Å². The molecule has 1 aliphatic rings. The minimum Gasteiger partial charge on any atom is -0.302 e. The minimum absolute atomic E-state index is 0.0949. The van der Waals surface area contributed by atoms with Crippen molar-refractivity contribution < 1.29 is 4.79 Å². The lowest BCUT2D eigenvalue weighted by Gasteiger charge is -2.23. The highest BCUT2D eigenvalue weighted by Gasteiger charge is 2.38. The lowest BCUT2D eigenvalue weighted by atomic mass is 10.0. The summed E-state index contributed by atoms with van der Waals surface area (Å²) >= 11 is 1.84. The topological polar surface area (TPSA) is 20.3 Å². The van der Waals surface area contributed by atoms with Crippen molar-refractivity contribution in [3.8, 4) is 0 Å². The number of nitrogens with zero attached hydrogens (tertiary/aromatic N) is 1. The molecule has 0 amide bonds. The van der Waals surface area contributed by atoms with E-state index in [1.807, 2.05) is 18.8 Å². The molecular weight excluding hydrogens is 146 g/mol. The Labute approximate surface area is 66.0 Å². The van der Waals surface area contributed by atoms with Crippen LogP contribution in [0.1, 0.15) is 13.8 Å². The van der Waals surface area contributed by atoms with Crippen molar-refractivity contribution in [2.45, 2.75) is 24.6 Å². The van der Waals surface area contributed by atoms with Gasteiger partial charge in [-0.1, -0.05) is 0 Å². The van der Waals surface area contributed by atoms with Crippen LogP contribution in [0, 0.1) is 0 Å². The second-order valence-corrected chi connectivity index (χ2v) is 4.81. The van der Waals surface area contributed by atoms with Gasteiger partial charge >= 0.3 is 0 Å². The van der Waals surface area contributed by atoms with Gasteiger partial charge in [-0.3, -0.25) is 4.90 Å². The smallest absolute Gasteiger partial charge is 0.138 e. The third kappa shape index (κ3) is 1.20. The maximum Gasteiger partial charge on any atom is 0.138 e. The molecule has 0 aromatic heterocycles. The van der Waals surface area contributed by atoms with Gasteiger partial charge in [-0.25, -0.2) is 0 Å². The zero-order valence-electron chi connectivity index (χ0n) is 6.63. The van der Waals surface area contributed by atoms with Gasteiger partial charge in [0, 0.05) is 10.6 Å². The molecule has 1 unspecified atom stereocenters. The molecule has 0 bridgehead atoms. The molecule has 0 radical (unpaired) electrons. The first-order chi connectivity index (χ1) is 4.58. The van der Waals surface area contributed by atoms with Gasteiger partial charge < -0.3 is 4.79 Å². The fraction of sp³-hybridized carbons (Fsp3) is 0.857. The van der Waals surface area contributed by atoms with Crippen LogP contribution in [0.25, 0.3) is 0 Å². The molecule has 10 heavy (non-hydrogen) atoms. The molecular formula is C7H13NOS. The van der Waals surface area contributed by atoms with Crippen LogP contribution in [0.4, 0.5) is 0 Å². The Kier molecular flexibility index (Phi) is 2.06. The first-order valence-electron chi connectivity index (χ1n) is 3.37. The van der Waals surface area contributed by atoms with Crippen molar-refractivity contribution in [3.05, 3.63) is 0 Å². The molecule has 58 valence electrons. The second kappa shape index (κ2) is 2.55. The number of carbonyl (C=O) groups excluding carboxylic acids is 1. The largest absolute Gasteiger partial charge is 0.302 e. The van der Waals surface area contributed by atoms with Gasteiger partial charge in [0.25, 0.3) is 0 Å². The predicted octanol–water partition coefficient (Wildman–Crippen LogP) is 0.969. The lowest BCUT2D eigenvalue weighted by molar-refractivity contribution is -0.112. The van der Waals surface area contributed by atoms with Crippen molar-refractivity contribution >= 4 is 18.0 Å². The molecule has 0 aliphatic carbocycles. The average molecular weight is 159 g/mol. The van der Waals surface area contributed by atoms with E-state index >= 15 is 0 Å². The van der Waals surface area contributed by atoms with E-state index in [0.717, 1.165) is 12.2 Å². The standard InChI is InChI=1S/C7H13NOS/c1-7(2)6(4-9)8(3)5-10-7/h4,6H,5H2,1-3H3. The van der Waals surface area contributed by atoms with Crippen LogP contribution < -0.4 is 0 Å². The Balaban J connectivity index is 2.72. The van der Waals surface area contributed by atoms with Gasteiger partial charge in [-0.2, -0.15) is 0 Å². The summed E-state index contributed by atoms with van der Waals surface area (Å²) in [4.78, 5) is 12.7. The van der Waals surface area contributed by atoms with Crippen LogP contribution in [-0.4, -0.2) is 34.9 Å². The van der Waals surface area contributed by atoms with Crippen molar-refractivity contribution in [1.29, 1.82) is 0 Å². The summed E-state index contributed by atoms with van der Waals surface area (Å²) < 4.78 is 0.108. The third-order valence-corrected chi connectivity index (χ3v) is 3.48. The predicted molar refractivity (Wildman–Crippen MR) is 44.2 cm³/mol. The molecule has 1 saturated heterocycles. The summed E-state index contributed by atoms with van der Waals surface area (Å²) in [5.41, 5.74) is 0. The second-order valence-electron chi connectivity index (χ2n) is 3.21. The fourth-order valence-corrected chi connectivity index (χ4v) is 2.34. The summed E-state index contributed by atoms with van der Waals surface area (Å²) in [6.45, 7) is 4.22. The van der Waals surface area contributed by atoms with E-state index in [1.54, 1.807) is 0 Å². The van der Waals surface area contributed by atoms with Crippen LogP contribution in [0.15, 0.2) is 0 Å². The van der Waals surface area contributed by atoms with Crippen LogP contribution in [0.5, 0.6) is 0 Å². The number of carbonyl (C=O) groups is 1. The van der Waals surface area contributed by atoms with Gasteiger partial charge in [0.15, 0.2) is 0 Å². The van der Waals surface area contributed by atoms with Gasteiger partial charge in [0.1, 0.15) is 6.29 Å². The molecule has 1 heterocycles. The number of thioether (sulfide) groups is 1. The molecule has 1 atom stereocenters. The Morgan fingerprint density at radius 1 is 1.70 bits per heavy atom. The molecule has 1 fully saturated rings. The summed E-state index contributed by atoms with van der Waals surface area (Å²) in [6, 6.07) is 0.0949. The van der Waals surface area contributed by atoms with Gasteiger partial charge in [-0.15, -0.1) is 11.8 Å². The first-order valence-corrected chi connectivity index (χ1v) is 4.36.